The summed E-state index contributed by atoms with van der Waals surface area (Å²) >= 11 is 0. The van der Waals surface area contributed by atoms with Crippen LogP contribution in [0.4, 0.5) is 5.95 Å². The second-order valence-corrected chi connectivity index (χ2v) is 5.70. The minimum absolute atomic E-state index is 0.0143. The highest BCUT2D eigenvalue weighted by atomic mass is 16.2. The number of rotatable bonds is 3. The fourth-order valence-corrected chi connectivity index (χ4v) is 2.93. The van der Waals surface area contributed by atoms with E-state index in [-0.39, 0.29) is 11.9 Å². The van der Waals surface area contributed by atoms with Crippen molar-refractivity contribution in [1.29, 1.82) is 0 Å². The molecule has 3 heterocycles. The number of nitrogens with one attached hydrogen (secondary N) is 2. The van der Waals surface area contributed by atoms with Crippen LogP contribution >= 0.6 is 0 Å². The topological polar surface area (TPSA) is 73.9 Å². The van der Waals surface area contributed by atoms with Gasteiger partial charge in [0.2, 0.25) is 5.95 Å². The zero-order chi connectivity index (χ0) is 15.6. The molecule has 1 unspecified atom stereocenters. The molecule has 0 saturated carbocycles. The number of para-hydroxylation sites is 2. The molecule has 6 heteroatoms. The fourth-order valence-electron chi connectivity index (χ4n) is 2.93. The minimum Gasteiger partial charge on any atom is -0.351 e. The molecular formula is C17H17N5O. The van der Waals surface area contributed by atoms with Gasteiger partial charge >= 0.3 is 0 Å². The summed E-state index contributed by atoms with van der Waals surface area (Å²) in [6, 6.07) is 13.5. The van der Waals surface area contributed by atoms with E-state index in [1.807, 2.05) is 41.3 Å². The molecule has 0 radical (unpaired) electrons. The third kappa shape index (κ3) is 2.75. The molecule has 0 spiro atoms. The summed E-state index contributed by atoms with van der Waals surface area (Å²) in [6.07, 6.45) is 2.54. The van der Waals surface area contributed by atoms with Crippen LogP contribution in [-0.4, -0.2) is 44.9 Å². The summed E-state index contributed by atoms with van der Waals surface area (Å²) in [6.45, 7) is 1.39. The molecule has 0 bridgehead atoms. The van der Waals surface area contributed by atoms with Crippen LogP contribution in [0.5, 0.6) is 0 Å². The lowest BCUT2D eigenvalue weighted by Crippen LogP contribution is -2.32. The number of aromatic nitrogens is 3. The Morgan fingerprint density at radius 2 is 2.09 bits per heavy atom. The van der Waals surface area contributed by atoms with E-state index in [4.69, 9.17) is 0 Å². The quantitative estimate of drug-likeness (QED) is 0.778. The smallest absolute Gasteiger partial charge is 0.272 e. The van der Waals surface area contributed by atoms with Crippen molar-refractivity contribution in [3.05, 3.63) is 54.4 Å². The molecule has 23 heavy (non-hydrogen) atoms. The van der Waals surface area contributed by atoms with E-state index in [9.17, 15) is 4.79 Å². The monoisotopic (exact) mass is 307 g/mol. The number of hydrogen-bond donors (Lipinski definition) is 2. The summed E-state index contributed by atoms with van der Waals surface area (Å²) in [7, 11) is 0. The first-order chi connectivity index (χ1) is 11.3. The molecule has 3 aromatic rings. The Kier molecular flexibility index (Phi) is 3.42. The SMILES string of the molecule is O=C(c1ccccn1)N1CCC(Nc2nc3ccccc3[nH]2)C1. The Hall–Kier alpha value is -2.89. The maximum atomic E-state index is 12.4. The van der Waals surface area contributed by atoms with Crippen LogP contribution in [0.25, 0.3) is 11.0 Å². The van der Waals surface area contributed by atoms with E-state index in [1.54, 1.807) is 12.3 Å². The first kappa shape index (κ1) is 13.8. The van der Waals surface area contributed by atoms with Crippen molar-refractivity contribution in [3.8, 4) is 0 Å². The molecule has 0 aliphatic carbocycles. The Morgan fingerprint density at radius 1 is 1.22 bits per heavy atom. The third-order valence-corrected chi connectivity index (χ3v) is 4.09. The molecular weight excluding hydrogens is 290 g/mol. The number of hydrogen-bond acceptors (Lipinski definition) is 4. The number of pyridine rings is 1. The molecule has 1 amide bonds. The molecule has 2 N–H and O–H groups in total. The number of carbonyl (C=O) groups is 1. The molecule has 1 fully saturated rings. The van der Waals surface area contributed by atoms with Gasteiger partial charge in [-0.25, -0.2) is 4.98 Å². The molecule has 1 saturated heterocycles. The van der Waals surface area contributed by atoms with Crippen LogP contribution in [0, 0.1) is 0 Å². The fraction of sp³-hybridized carbons (Fsp3) is 0.235. The van der Waals surface area contributed by atoms with E-state index >= 15 is 0 Å². The summed E-state index contributed by atoms with van der Waals surface area (Å²) in [5.41, 5.74) is 2.45. The highest BCUT2D eigenvalue weighted by Gasteiger charge is 2.27. The van der Waals surface area contributed by atoms with Crippen LogP contribution in [0.15, 0.2) is 48.7 Å². The number of fused-ring (bicyclic) bond motifs is 1. The molecule has 4 rings (SSSR count). The Balaban J connectivity index is 1.43. The minimum atomic E-state index is -0.0143. The second kappa shape index (κ2) is 5.72. The van der Waals surface area contributed by atoms with Gasteiger partial charge in [-0.05, 0) is 30.7 Å². The van der Waals surface area contributed by atoms with Crippen LogP contribution < -0.4 is 5.32 Å². The van der Waals surface area contributed by atoms with Crippen molar-refractivity contribution in [3.63, 3.8) is 0 Å². The number of H-pyrrole nitrogens is 1. The van der Waals surface area contributed by atoms with E-state index in [1.165, 1.54) is 0 Å². The van der Waals surface area contributed by atoms with Crippen LogP contribution in [-0.2, 0) is 0 Å². The van der Waals surface area contributed by atoms with Gasteiger partial charge in [-0.3, -0.25) is 9.78 Å². The van der Waals surface area contributed by atoms with Gasteiger partial charge in [0.1, 0.15) is 5.69 Å². The van der Waals surface area contributed by atoms with E-state index < -0.39 is 0 Å². The summed E-state index contributed by atoms with van der Waals surface area (Å²) in [5.74, 6) is 0.739. The van der Waals surface area contributed by atoms with Crippen molar-refractivity contribution >= 4 is 22.9 Å². The highest BCUT2D eigenvalue weighted by Crippen LogP contribution is 2.18. The number of amides is 1. The van der Waals surface area contributed by atoms with Crippen molar-refractivity contribution in [2.45, 2.75) is 12.5 Å². The number of nitrogens with zero attached hydrogens (tertiary/aromatic N) is 3. The zero-order valence-electron chi connectivity index (χ0n) is 12.6. The number of carbonyl (C=O) groups excluding carboxylic acids is 1. The third-order valence-electron chi connectivity index (χ3n) is 4.09. The predicted molar refractivity (Wildman–Crippen MR) is 88.3 cm³/mol. The lowest BCUT2D eigenvalue weighted by Gasteiger charge is -2.16. The molecule has 1 aliphatic rings. The Bertz CT molecular complexity index is 796. The van der Waals surface area contributed by atoms with Gasteiger partial charge in [0, 0.05) is 25.3 Å². The van der Waals surface area contributed by atoms with E-state index in [2.05, 4.69) is 20.3 Å². The zero-order valence-corrected chi connectivity index (χ0v) is 12.6. The van der Waals surface area contributed by atoms with Crippen LogP contribution in [0.2, 0.25) is 0 Å². The van der Waals surface area contributed by atoms with Crippen LogP contribution in [0.1, 0.15) is 16.9 Å². The van der Waals surface area contributed by atoms with Crippen molar-refractivity contribution in [1.82, 2.24) is 19.9 Å². The number of benzene rings is 1. The summed E-state index contributed by atoms with van der Waals surface area (Å²) in [4.78, 5) is 26.1. The maximum Gasteiger partial charge on any atom is 0.272 e. The molecule has 1 atom stereocenters. The molecule has 1 aromatic carbocycles. The van der Waals surface area contributed by atoms with Gasteiger partial charge in [0.05, 0.1) is 11.0 Å². The van der Waals surface area contributed by atoms with Crippen molar-refractivity contribution < 1.29 is 4.79 Å². The Labute approximate surface area is 133 Å². The van der Waals surface area contributed by atoms with Crippen molar-refractivity contribution in [2.24, 2.45) is 0 Å². The number of anilines is 1. The average Bonchev–Trinajstić information content (AvgIpc) is 3.21. The van der Waals surface area contributed by atoms with Gasteiger partial charge in [0.25, 0.3) is 5.91 Å². The van der Waals surface area contributed by atoms with E-state index in [0.29, 0.717) is 12.2 Å². The molecule has 2 aromatic heterocycles. The second-order valence-electron chi connectivity index (χ2n) is 5.70. The lowest BCUT2D eigenvalue weighted by atomic mass is 10.3. The number of aromatic amines is 1. The first-order valence-electron chi connectivity index (χ1n) is 7.71. The predicted octanol–water partition coefficient (Wildman–Crippen LogP) is 2.28. The Morgan fingerprint density at radius 3 is 2.91 bits per heavy atom. The normalized spacial score (nSPS) is 17.6. The van der Waals surface area contributed by atoms with Gasteiger partial charge in [-0.2, -0.15) is 0 Å². The van der Waals surface area contributed by atoms with Gasteiger partial charge in [0.15, 0.2) is 0 Å². The molecule has 6 nitrogen and oxygen atoms in total. The molecule has 1 aliphatic heterocycles. The van der Waals surface area contributed by atoms with Gasteiger partial charge in [-0.15, -0.1) is 0 Å². The summed E-state index contributed by atoms with van der Waals surface area (Å²) < 4.78 is 0. The summed E-state index contributed by atoms with van der Waals surface area (Å²) in [5, 5.41) is 3.39. The standard InChI is InChI=1S/C17H17N5O/c23-16(15-7-3-4-9-18-15)22-10-8-12(11-22)19-17-20-13-5-1-2-6-14(13)21-17/h1-7,9,12H,8,10-11H2,(H2,19,20,21). The number of imidazole rings is 1. The van der Waals surface area contributed by atoms with E-state index in [0.717, 1.165) is 29.9 Å². The number of likely N-dealkylation sites (tertiary alicyclic amines) is 1. The van der Waals surface area contributed by atoms with Crippen LogP contribution in [0.3, 0.4) is 0 Å². The van der Waals surface area contributed by atoms with Gasteiger partial charge < -0.3 is 15.2 Å². The maximum absolute atomic E-state index is 12.4. The largest absolute Gasteiger partial charge is 0.351 e. The average molecular weight is 307 g/mol. The van der Waals surface area contributed by atoms with Crippen molar-refractivity contribution in [2.75, 3.05) is 18.4 Å². The lowest BCUT2D eigenvalue weighted by molar-refractivity contribution is 0.0786. The van der Waals surface area contributed by atoms with Gasteiger partial charge in [-0.1, -0.05) is 18.2 Å². The first-order valence-corrected chi connectivity index (χ1v) is 7.71. The highest BCUT2D eigenvalue weighted by molar-refractivity contribution is 5.92. The molecule has 116 valence electrons.